The molecule has 0 unspecified atom stereocenters. The number of pyridine rings is 1. The summed E-state index contributed by atoms with van der Waals surface area (Å²) in [5.74, 6) is 0. The number of nitrogens with zero attached hydrogens (tertiary/aromatic N) is 5. The number of hydrogen-bond donors (Lipinski definition) is 0. The minimum Gasteiger partial charge on any atom is -0.305 e. The van der Waals surface area contributed by atoms with Crippen LogP contribution in [0, 0.1) is 6.92 Å². The standard InChI is InChI=1S/C16H23N5O/c1-13-16(22)21(15-4-5-17-12-14(15)18-13)7-3-6-20-10-8-19(2)9-11-20/h4-5,12H,3,6-11H2,1-2H3. The first-order valence-corrected chi connectivity index (χ1v) is 7.87. The van der Waals surface area contributed by atoms with Gasteiger partial charge in [0.1, 0.15) is 11.2 Å². The molecule has 0 bridgehead atoms. The van der Waals surface area contributed by atoms with E-state index in [-0.39, 0.29) is 5.56 Å². The summed E-state index contributed by atoms with van der Waals surface area (Å²) in [7, 11) is 2.16. The normalized spacial score (nSPS) is 17.2. The van der Waals surface area contributed by atoms with Gasteiger partial charge in [-0.05, 0) is 33.0 Å². The molecule has 1 aliphatic rings. The monoisotopic (exact) mass is 301 g/mol. The van der Waals surface area contributed by atoms with Crippen molar-refractivity contribution in [2.75, 3.05) is 39.8 Å². The molecule has 118 valence electrons. The second-order valence-electron chi connectivity index (χ2n) is 6.02. The van der Waals surface area contributed by atoms with Crippen LogP contribution in [-0.2, 0) is 6.54 Å². The molecule has 0 aliphatic carbocycles. The summed E-state index contributed by atoms with van der Waals surface area (Å²) in [6.45, 7) is 8.03. The predicted octanol–water partition coefficient (Wildman–Crippen LogP) is 0.737. The van der Waals surface area contributed by atoms with Gasteiger partial charge >= 0.3 is 0 Å². The van der Waals surface area contributed by atoms with Crippen molar-refractivity contribution in [3.05, 3.63) is 34.5 Å². The number of fused-ring (bicyclic) bond motifs is 1. The minimum atomic E-state index is 0.0112. The Morgan fingerprint density at radius 3 is 2.73 bits per heavy atom. The van der Waals surface area contributed by atoms with Crippen LogP contribution in [0.15, 0.2) is 23.3 Å². The van der Waals surface area contributed by atoms with Gasteiger partial charge in [0, 0.05) is 38.9 Å². The molecule has 22 heavy (non-hydrogen) atoms. The molecule has 3 rings (SSSR count). The van der Waals surface area contributed by atoms with E-state index in [4.69, 9.17) is 0 Å². The predicted molar refractivity (Wildman–Crippen MR) is 87.1 cm³/mol. The quantitative estimate of drug-likeness (QED) is 0.833. The first kappa shape index (κ1) is 15.1. The van der Waals surface area contributed by atoms with Crippen molar-refractivity contribution in [3.63, 3.8) is 0 Å². The number of aryl methyl sites for hydroxylation is 2. The van der Waals surface area contributed by atoms with Crippen molar-refractivity contribution in [1.82, 2.24) is 24.3 Å². The lowest BCUT2D eigenvalue weighted by Gasteiger charge is -2.32. The molecule has 0 N–H and O–H groups in total. The molecule has 1 saturated heterocycles. The third kappa shape index (κ3) is 3.18. The molecule has 6 heteroatoms. The van der Waals surface area contributed by atoms with Crippen molar-refractivity contribution < 1.29 is 0 Å². The summed E-state index contributed by atoms with van der Waals surface area (Å²) in [6.07, 6.45) is 4.42. The van der Waals surface area contributed by atoms with E-state index in [1.807, 2.05) is 10.6 Å². The summed E-state index contributed by atoms with van der Waals surface area (Å²) in [5.41, 5.74) is 2.22. The molecule has 0 spiro atoms. The molecule has 0 radical (unpaired) electrons. The average molecular weight is 301 g/mol. The van der Waals surface area contributed by atoms with Gasteiger partial charge in [-0.1, -0.05) is 0 Å². The number of piperazine rings is 1. The Kier molecular flexibility index (Phi) is 4.49. The SMILES string of the molecule is Cc1nc2cnccc2n(CCCN2CCN(C)CC2)c1=O. The maximum atomic E-state index is 12.4. The molecular formula is C16H23N5O. The molecule has 0 saturated carbocycles. The highest BCUT2D eigenvalue weighted by Gasteiger charge is 2.13. The molecule has 2 aromatic rings. The van der Waals surface area contributed by atoms with Gasteiger partial charge in [0.15, 0.2) is 0 Å². The van der Waals surface area contributed by atoms with Gasteiger partial charge < -0.3 is 14.4 Å². The Labute approximate surface area is 130 Å². The van der Waals surface area contributed by atoms with E-state index >= 15 is 0 Å². The van der Waals surface area contributed by atoms with Gasteiger partial charge in [0.2, 0.25) is 0 Å². The van der Waals surface area contributed by atoms with Crippen LogP contribution in [0.1, 0.15) is 12.1 Å². The molecule has 1 fully saturated rings. The van der Waals surface area contributed by atoms with Crippen molar-refractivity contribution >= 4 is 11.0 Å². The van der Waals surface area contributed by atoms with E-state index in [0.29, 0.717) is 5.69 Å². The van der Waals surface area contributed by atoms with Gasteiger partial charge in [-0.3, -0.25) is 9.78 Å². The molecule has 6 nitrogen and oxygen atoms in total. The number of likely N-dealkylation sites (N-methyl/N-ethyl adjacent to an activating group) is 1. The van der Waals surface area contributed by atoms with E-state index in [9.17, 15) is 4.79 Å². The maximum Gasteiger partial charge on any atom is 0.272 e. The van der Waals surface area contributed by atoms with Crippen LogP contribution < -0.4 is 5.56 Å². The third-order valence-electron chi connectivity index (χ3n) is 4.36. The van der Waals surface area contributed by atoms with Crippen LogP contribution in [0.25, 0.3) is 11.0 Å². The number of rotatable bonds is 4. The van der Waals surface area contributed by atoms with Gasteiger partial charge in [0.05, 0.1) is 11.7 Å². The second-order valence-corrected chi connectivity index (χ2v) is 6.02. The third-order valence-corrected chi connectivity index (χ3v) is 4.36. The fourth-order valence-electron chi connectivity index (χ4n) is 2.97. The lowest BCUT2D eigenvalue weighted by atomic mass is 10.3. The Bertz CT molecular complexity index is 703. The Morgan fingerprint density at radius 2 is 1.95 bits per heavy atom. The summed E-state index contributed by atoms with van der Waals surface area (Å²) in [4.78, 5) is 25.6. The highest BCUT2D eigenvalue weighted by Crippen LogP contribution is 2.09. The highest BCUT2D eigenvalue weighted by atomic mass is 16.1. The van der Waals surface area contributed by atoms with Crippen LogP contribution >= 0.6 is 0 Å². The van der Waals surface area contributed by atoms with E-state index in [1.165, 1.54) is 0 Å². The lowest BCUT2D eigenvalue weighted by Crippen LogP contribution is -2.44. The average Bonchev–Trinajstić information content (AvgIpc) is 2.53. The molecule has 2 aromatic heterocycles. The summed E-state index contributed by atoms with van der Waals surface area (Å²) in [5, 5.41) is 0. The summed E-state index contributed by atoms with van der Waals surface area (Å²) in [6, 6.07) is 1.87. The van der Waals surface area contributed by atoms with Crippen molar-refractivity contribution in [3.8, 4) is 0 Å². The smallest absolute Gasteiger partial charge is 0.272 e. The minimum absolute atomic E-state index is 0.0112. The Balaban J connectivity index is 1.71. The van der Waals surface area contributed by atoms with E-state index < -0.39 is 0 Å². The van der Waals surface area contributed by atoms with Crippen LogP contribution in [0.2, 0.25) is 0 Å². The molecule has 1 aliphatic heterocycles. The molecule has 0 amide bonds. The van der Waals surface area contributed by atoms with Crippen molar-refractivity contribution in [2.45, 2.75) is 19.9 Å². The van der Waals surface area contributed by atoms with Crippen molar-refractivity contribution in [2.24, 2.45) is 0 Å². The van der Waals surface area contributed by atoms with Gasteiger partial charge in [-0.2, -0.15) is 0 Å². The van der Waals surface area contributed by atoms with Gasteiger partial charge in [-0.25, -0.2) is 4.98 Å². The highest BCUT2D eigenvalue weighted by molar-refractivity contribution is 5.73. The van der Waals surface area contributed by atoms with Gasteiger partial charge in [0.25, 0.3) is 5.56 Å². The van der Waals surface area contributed by atoms with Crippen molar-refractivity contribution in [1.29, 1.82) is 0 Å². The Morgan fingerprint density at radius 1 is 1.18 bits per heavy atom. The number of hydrogen-bond acceptors (Lipinski definition) is 5. The summed E-state index contributed by atoms with van der Waals surface area (Å²) < 4.78 is 1.84. The largest absolute Gasteiger partial charge is 0.305 e. The van der Waals surface area contributed by atoms with Crippen LogP contribution in [-0.4, -0.2) is 64.1 Å². The van der Waals surface area contributed by atoms with Gasteiger partial charge in [-0.15, -0.1) is 0 Å². The zero-order chi connectivity index (χ0) is 15.5. The molecule has 3 heterocycles. The molecule has 0 atom stereocenters. The first-order valence-electron chi connectivity index (χ1n) is 7.87. The fourth-order valence-corrected chi connectivity index (χ4v) is 2.97. The lowest BCUT2D eigenvalue weighted by molar-refractivity contribution is 0.151. The number of aromatic nitrogens is 3. The summed E-state index contributed by atoms with van der Waals surface area (Å²) >= 11 is 0. The zero-order valence-electron chi connectivity index (χ0n) is 13.3. The van der Waals surface area contributed by atoms with E-state index in [1.54, 1.807) is 19.3 Å². The van der Waals surface area contributed by atoms with E-state index in [0.717, 1.165) is 56.7 Å². The maximum absolute atomic E-state index is 12.4. The fraction of sp³-hybridized carbons (Fsp3) is 0.562. The second kappa shape index (κ2) is 6.54. The topological polar surface area (TPSA) is 54.3 Å². The molecule has 0 aromatic carbocycles. The zero-order valence-corrected chi connectivity index (χ0v) is 13.3. The molecular weight excluding hydrogens is 278 g/mol. The van der Waals surface area contributed by atoms with Crippen LogP contribution in [0.4, 0.5) is 0 Å². The van der Waals surface area contributed by atoms with E-state index in [2.05, 4.69) is 26.8 Å². The Hall–Kier alpha value is -1.79. The first-order chi connectivity index (χ1) is 10.6. The van der Waals surface area contributed by atoms with Crippen LogP contribution in [0.3, 0.4) is 0 Å². The van der Waals surface area contributed by atoms with Crippen LogP contribution in [0.5, 0.6) is 0 Å².